The van der Waals surface area contributed by atoms with Gasteiger partial charge in [-0.25, -0.2) is 14.8 Å². The van der Waals surface area contributed by atoms with Gasteiger partial charge in [-0.1, -0.05) is 32.9 Å². The fraction of sp³-hybridized carbons (Fsp3) is 0.348. The average molecular weight is 489 g/mol. The maximum absolute atomic E-state index is 13.6. The minimum atomic E-state index is -0.682. The number of carbonyl (C=O) groups is 3. The largest absolute Gasteiger partial charge is 0.351 e. The number of amides is 4. The summed E-state index contributed by atoms with van der Waals surface area (Å²) in [5, 5.41) is 5.47. The first-order valence-corrected chi connectivity index (χ1v) is 10.8. The molecule has 1 unspecified atom stereocenters. The van der Waals surface area contributed by atoms with Crippen molar-refractivity contribution in [1.29, 1.82) is 0 Å². The lowest BCUT2D eigenvalue weighted by Crippen LogP contribution is -2.57. The normalized spacial score (nSPS) is 12.1. The highest BCUT2D eigenvalue weighted by Gasteiger charge is 2.37. The summed E-state index contributed by atoms with van der Waals surface area (Å²) in [6.07, 6.45) is 0. The summed E-state index contributed by atoms with van der Waals surface area (Å²) in [6.45, 7) is 10.2. The van der Waals surface area contributed by atoms with Crippen LogP contribution in [0.15, 0.2) is 53.0 Å². The van der Waals surface area contributed by atoms with Crippen molar-refractivity contribution in [2.24, 2.45) is 11.1 Å². The van der Waals surface area contributed by atoms with Crippen molar-refractivity contribution in [2.75, 3.05) is 11.9 Å². The Bertz CT molecular complexity index is 954. The summed E-state index contributed by atoms with van der Waals surface area (Å²) in [7, 11) is 0. The molecular weight excluding hydrogens is 460 g/mol. The topological polar surface area (TPSA) is 95.7 Å². The number of carbonyl (C=O) groups excluding carboxylic acids is 3. The molecule has 0 saturated carbocycles. The van der Waals surface area contributed by atoms with Crippen LogP contribution in [0.2, 0.25) is 0 Å². The number of hydrogen-bond acceptors (Lipinski definition) is 3. The first-order chi connectivity index (χ1) is 14.5. The molecule has 0 aromatic heterocycles. The molecule has 0 aliphatic carbocycles. The van der Waals surface area contributed by atoms with Crippen molar-refractivity contribution in [3.05, 3.63) is 64.1 Å². The van der Waals surface area contributed by atoms with E-state index in [2.05, 4.69) is 21.2 Å². The molecule has 4 amide bonds. The quantitative estimate of drug-likeness (QED) is 0.586. The standard InChI is InChI=1S/C23H29BrN4O3/c1-6-27(20(29)16-11-13-17(14-12-16)26-22(25)31)28(15(2)23(3,4)5)21(30)18-9-7-8-10-19(18)24/h7-15H,6H2,1-5H3,(H3,25,26,31). The molecule has 0 saturated heterocycles. The number of halogens is 1. The van der Waals surface area contributed by atoms with Crippen LogP contribution in [0.25, 0.3) is 0 Å². The van der Waals surface area contributed by atoms with Gasteiger partial charge in [0.1, 0.15) is 0 Å². The van der Waals surface area contributed by atoms with E-state index in [0.29, 0.717) is 27.8 Å². The van der Waals surface area contributed by atoms with Gasteiger partial charge >= 0.3 is 6.03 Å². The van der Waals surface area contributed by atoms with Crippen LogP contribution in [0.3, 0.4) is 0 Å². The number of benzene rings is 2. The number of hydrogen-bond donors (Lipinski definition) is 2. The zero-order valence-electron chi connectivity index (χ0n) is 18.5. The van der Waals surface area contributed by atoms with E-state index in [1.807, 2.05) is 40.7 Å². The van der Waals surface area contributed by atoms with Crippen molar-refractivity contribution >= 4 is 39.5 Å². The average Bonchev–Trinajstić information content (AvgIpc) is 2.70. The third kappa shape index (κ3) is 5.85. The highest BCUT2D eigenvalue weighted by molar-refractivity contribution is 9.10. The number of rotatable bonds is 5. The first kappa shape index (κ1) is 24.4. The van der Waals surface area contributed by atoms with Crippen LogP contribution in [-0.4, -0.2) is 40.4 Å². The van der Waals surface area contributed by atoms with Gasteiger partial charge in [0.25, 0.3) is 11.8 Å². The molecule has 31 heavy (non-hydrogen) atoms. The van der Waals surface area contributed by atoms with Gasteiger partial charge in [0.05, 0.1) is 11.6 Å². The van der Waals surface area contributed by atoms with Gasteiger partial charge in [0.15, 0.2) is 0 Å². The number of nitrogens with one attached hydrogen (secondary N) is 1. The molecular formula is C23H29BrN4O3. The minimum Gasteiger partial charge on any atom is -0.351 e. The zero-order chi connectivity index (χ0) is 23.3. The number of nitrogens with zero attached hydrogens (tertiary/aromatic N) is 2. The number of hydrazine groups is 1. The smallest absolute Gasteiger partial charge is 0.316 e. The number of primary amides is 1. The Hall–Kier alpha value is -2.87. The second kappa shape index (κ2) is 9.96. The van der Waals surface area contributed by atoms with Gasteiger partial charge in [0.2, 0.25) is 0 Å². The Kier molecular flexibility index (Phi) is 7.84. The Morgan fingerprint density at radius 3 is 2.10 bits per heavy atom. The first-order valence-electron chi connectivity index (χ1n) is 10.0. The predicted octanol–water partition coefficient (Wildman–Crippen LogP) is 4.89. The minimum absolute atomic E-state index is 0.267. The van der Waals surface area contributed by atoms with Crippen LogP contribution in [0.4, 0.5) is 10.5 Å². The van der Waals surface area contributed by atoms with E-state index in [0.717, 1.165) is 0 Å². The third-order valence-electron chi connectivity index (χ3n) is 5.13. The van der Waals surface area contributed by atoms with Gasteiger partial charge in [-0.2, -0.15) is 0 Å². The maximum atomic E-state index is 13.6. The fourth-order valence-electron chi connectivity index (χ4n) is 3.00. The SMILES string of the molecule is CCN(C(=O)c1ccc(NC(N)=O)cc1)N(C(=O)c1ccccc1Br)C(C)C(C)(C)C. The van der Waals surface area contributed by atoms with E-state index in [9.17, 15) is 14.4 Å². The number of nitrogens with two attached hydrogens (primary N) is 1. The molecule has 0 radical (unpaired) electrons. The van der Waals surface area contributed by atoms with E-state index in [1.54, 1.807) is 42.5 Å². The van der Waals surface area contributed by atoms with Crippen molar-refractivity contribution in [1.82, 2.24) is 10.0 Å². The van der Waals surface area contributed by atoms with E-state index >= 15 is 0 Å². The van der Waals surface area contributed by atoms with Crippen LogP contribution in [0.1, 0.15) is 55.3 Å². The zero-order valence-corrected chi connectivity index (χ0v) is 20.1. The van der Waals surface area contributed by atoms with E-state index in [1.165, 1.54) is 10.0 Å². The van der Waals surface area contributed by atoms with Crippen molar-refractivity contribution in [2.45, 2.75) is 40.7 Å². The lowest BCUT2D eigenvalue weighted by molar-refractivity contribution is -0.0399. The lowest BCUT2D eigenvalue weighted by atomic mass is 9.87. The molecule has 0 bridgehead atoms. The summed E-state index contributed by atoms with van der Waals surface area (Å²) >= 11 is 3.45. The Labute approximate surface area is 191 Å². The molecule has 7 nitrogen and oxygen atoms in total. The Morgan fingerprint density at radius 2 is 1.61 bits per heavy atom. The third-order valence-corrected chi connectivity index (χ3v) is 5.82. The van der Waals surface area contributed by atoms with Gasteiger partial charge in [-0.3, -0.25) is 9.59 Å². The summed E-state index contributed by atoms with van der Waals surface area (Å²) < 4.78 is 0.663. The highest BCUT2D eigenvalue weighted by atomic mass is 79.9. The fourth-order valence-corrected chi connectivity index (χ4v) is 3.46. The molecule has 8 heteroatoms. The second-order valence-corrected chi connectivity index (χ2v) is 9.11. The molecule has 0 spiro atoms. The summed E-state index contributed by atoms with van der Waals surface area (Å²) in [5.74, 6) is -0.582. The second-order valence-electron chi connectivity index (χ2n) is 8.26. The van der Waals surface area contributed by atoms with Crippen LogP contribution in [0, 0.1) is 5.41 Å². The lowest BCUT2D eigenvalue weighted by Gasteiger charge is -2.43. The van der Waals surface area contributed by atoms with Gasteiger partial charge in [-0.15, -0.1) is 0 Å². The van der Waals surface area contributed by atoms with Gasteiger partial charge in [-0.05, 0) is 71.6 Å². The number of anilines is 1. The molecule has 2 aromatic rings. The molecule has 166 valence electrons. The van der Waals surface area contributed by atoms with Gasteiger partial charge in [0, 0.05) is 22.3 Å². The van der Waals surface area contributed by atoms with Gasteiger partial charge < -0.3 is 11.1 Å². The Balaban J connectivity index is 2.47. The highest BCUT2D eigenvalue weighted by Crippen LogP contribution is 2.29. The molecule has 0 heterocycles. The molecule has 1 atom stereocenters. The summed E-state index contributed by atoms with van der Waals surface area (Å²) in [6, 6.07) is 12.6. The van der Waals surface area contributed by atoms with Crippen molar-refractivity contribution in [3.63, 3.8) is 0 Å². The predicted molar refractivity (Wildman–Crippen MR) is 126 cm³/mol. The van der Waals surface area contributed by atoms with Crippen LogP contribution >= 0.6 is 15.9 Å². The van der Waals surface area contributed by atoms with Crippen LogP contribution in [0.5, 0.6) is 0 Å². The van der Waals surface area contributed by atoms with Crippen molar-refractivity contribution < 1.29 is 14.4 Å². The molecule has 0 aliphatic rings. The monoisotopic (exact) mass is 488 g/mol. The molecule has 3 N–H and O–H groups in total. The maximum Gasteiger partial charge on any atom is 0.316 e. The molecule has 2 rings (SSSR count). The van der Waals surface area contributed by atoms with E-state index in [-0.39, 0.29) is 23.3 Å². The molecule has 2 aromatic carbocycles. The summed E-state index contributed by atoms with van der Waals surface area (Å²) in [4.78, 5) is 38.0. The van der Waals surface area contributed by atoms with Crippen LogP contribution in [-0.2, 0) is 0 Å². The molecule has 0 aliphatic heterocycles. The summed E-state index contributed by atoms with van der Waals surface area (Å²) in [5.41, 5.74) is 6.21. The van der Waals surface area contributed by atoms with E-state index in [4.69, 9.17) is 5.73 Å². The van der Waals surface area contributed by atoms with Crippen molar-refractivity contribution in [3.8, 4) is 0 Å². The molecule has 0 fully saturated rings. The Morgan fingerprint density at radius 1 is 1.03 bits per heavy atom. The van der Waals surface area contributed by atoms with E-state index < -0.39 is 6.03 Å². The van der Waals surface area contributed by atoms with Crippen LogP contribution < -0.4 is 11.1 Å². The number of urea groups is 1.